The van der Waals surface area contributed by atoms with Crippen LogP contribution >= 0.6 is 23.8 Å². The number of carbonyl (C=O) groups excluding carboxylic acids is 1. The Morgan fingerprint density at radius 3 is 2.46 bits per heavy atom. The van der Waals surface area contributed by atoms with Crippen LogP contribution in [0.25, 0.3) is 0 Å². The molecule has 0 aliphatic heterocycles. The van der Waals surface area contributed by atoms with E-state index in [1.54, 1.807) is 36.4 Å². The van der Waals surface area contributed by atoms with Crippen molar-refractivity contribution >= 4 is 46.5 Å². The summed E-state index contributed by atoms with van der Waals surface area (Å²) in [4.78, 5) is 22.9. The number of ether oxygens (including phenoxy) is 1. The van der Waals surface area contributed by atoms with Crippen LogP contribution in [0.2, 0.25) is 5.02 Å². The van der Waals surface area contributed by atoms with Gasteiger partial charge in [-0.3, -0.25) is 14.9 Å². The molecule has 26 heavy (non-hydrogen) atoms. The first-order valence-corrected chi connectivity index (χ1v) is 8.53. The number of halogens is 1. The normalized spacial score (nSPS) is 10.1. The fraction of sp³-hybridized carbons (Fsp3) is 0.167. The maximum absolute atomic E-state index is 12.2. The molecular weight excluding hydrogens is 376 g/mol. The van der Waals surface area contributed by atoms with Gasteiger partial charge in [-0.15, -0.1) is 0 Å². The van der Waals surface area contributed by atoms with Crippen LogP contribution in [0.3, 0.4) is 0 Å². The van der Waals surface area contributed by atoms with Gasteiger partial charge in [-0.1, -0.05) is 23.7 Å². The fourth-order valence-corrected chi connectivity index (χ4v) is 2.58. The predicted molar refractivity (Wildman–Crippen MR) is 104 cm³/mol. The summed E-state index contributed by atoms with van der Waals surface area (Å²) in [7, 11) is 0. The number of anilines is 1. The summed E-state index contributed by atoms with van der Waals surface area (Å²) in [5.41, 5.74) is 1.65. The minimum Gasteiger partial charge on any atom is -0.492 e. The minimum atomic E-state index is -0.900. The molecule has 0 unspecified atom stereocenters. The standard InChI is InChI=1S/C18H17ClN2O4S/c1-2-25-15-8-5-12(10-14(15)19)17(24)21-18(26)20-13-6-3-11(4-7-13)9-16(22)23/h3-8,10H,2,9H2,1H3,(H,22,23)(H2,20,21,24,26). The molecule has 136 valence electrons. The topological polar surface area (TPSA) is 87.7 Å². The Morgan fingerprint density at radius 1 is 1.19 bits per heavy atom. The van der Waals surface area contributed by atoms with E-state index in [2.05, 4.69) is 10.6 Å². The highest BCUT2D eigenvalue weighted by atomic mass is 35.5. The number of carbonyl (C=O) groups is 2. The lowest BCUT2D eigenvalue weighted by atomic mass is 10.1. The monoisotopic (exact) mass is 392 g/mol. The van der Waals surface area contributed by atoms with Crippen LogP contribution in [-0.2, 0) is 11.2 Å². The summed E-state index contributed by atoms with van der Waals surface area (Å²) in [6.45, 7) is 2.32. The van der Waals surface area contributed by atoms with Crippen molar-refractivity contribution in [2.45, 2.75) is 13.3 Å². The van der Waals surface area contributed by atoms with Crippen molar-refractivity contribution in [1.82, 2.24) is 5.32 Å². The van der Waals surface area contributed by atoms with E-state index in [9.17, 15) is 9.59 Å². The molecule has 0 saturated heterocycles. The van der Waals surface area contributed by atoms with Gasteiger partial charge in [-0.25, -0.2) is 0 Å². The molecule has 2 rings (SSSR count). The first-order valence-electron chi connectivity index (χ1n) is 7.74. The van der Waals surface area contributed by atoms with Crippen LogP contribution in [0.1, 0.15) is 22.8 Å². The molecule has 6 nitrogen and oxygen atoms in total. The molecule has 0 heterocycles. The summed E-state index contributed by atoms with van der Waals surface area (Å²) in [5, 5.41) is 14.6. The lowest BCUT2D eigenvalue weighted by Crippen LogP contribution is -2.34. The molecule has 0 atom stereocenters. The Morgan fingerprint density at radius 2 is 1.88 bits per heavy atom. The molecular formula is C18H17ClN2O4S. The van der Waals surface area contributed by atoms with Gasteiger partial charge < -0.3 is 15.2 Å². The predicted octanol–water partition coefficient (Wildman–Crippen LogP) is 3.49. The number of hydrogen-bond acceptors (Lipinski definition) is 4. The lowest BCUT2D eigenvalue weighted by molar-refractivity contribution is -0.136. The molecule has 3 N–H and O–H groups in total. The van der Waals surface area contributed by atoms with Gasteiger partial charge in [-0.05, 0) is 55.0 Å². The van der Waals surface area contributed by atoms with Crippen LogP contribution < -0.4 is 15.4 Å². The number of hydrogen-bond donors (Lipinski definition) is 3. The van der Waals surface area contributed by atoms with Gasteiger partial charge in [0.1, 0.15) is 5.75 Å². The van der Waals surface area contributed by atoms with Crippen LogP contribution in [0.15, 0.2) is 42.5 Å². The third kappa shape index (κ3) is 5.72. The Balaban J connectivity index is 1.95. The number of rotatable bonds is 6. The second-order valence-electron chi connectivity index (χ2n) is 5.25. The highest BCUT2D eigenvalue weighted by Crippen LogP contribution is 2.25. The van der Waals surface area contributed by atoms with Crippen molar-refractivity contribution in [3.63, 3.8) is 0 Å². The van der Waals surface area contributed by atoms with Crippen molar-refractivity contribution < 1.29 is 19.4 Å². The molecule has 0 bridgehead atoms. The van der Waals surface area contributed by atoms with Crippen molar-refractivity contribution in [1.29, 1.82) is 0 Å². The second kappa shape index (κ2) is 9.17. The molecule has 2 aromatic carbocycles. The third-order valence-corrected chi connectivity index (χ3v) is 3.79. The van der Waals surface area contributed by atoms with E-state index in [0.717, 1.165) is 0 Å². The Hall–Kier alpha value is -2.64. The van der Waals surface area contributed by atoms with E-state index in [-0.39, 0.29) is 11.5 Å². The quantitative estimate of drug-likeness (QED) is 0.652. The summed E-state index contributed by atoms with van der Waals surface area (Å²) in [5.74, 6) is -0.801. The maximum Gasteiger partial charge on any atom is 0.307 e. The molecule has 0 aliphatic carbocycles. The van der Waals surface area contributed by atoms with E-state index < -0.39 is 11.9 Å². The molecule has 2 aromatic rings. The summed E-state index contributed by atoms with van der Waals surface area (Å²) in [6.07, 6.45) is -0.0556. The summed E-state index contributed by atoms with van der Waals surface area (Å²) >= 11 is 11.2. The largest absolute Gasteiger partial charge is 0.492 e. The number of benzene rings is 2. The highest BCUT2D eigenvalue weighted by molar-refractivity contribution is 7.80. The van der Waals surface area contributed by atoms with E-state index >= 15 is 0 Å². The Kier molecular flexibility index (Phi) is 6.94. The van der Waals surface area contributed by atoms with E-state index in [0.29, 0.717) is 34.2 Å². The van der Waals surface area contributed by atoms with Crippen LogP contribution in [-0.4, -0.2) is 28.7 Å². The van der Waals surface area contributed by atoms with Crippen molar-refractivity contribution in [2.75, 3.05) is 11.9 Å². The third-order valence-electron chi connectivity index (χ3n) is 3.29. The van der Waals surface area contributed by atoms with Gasteiger partial charge in [0.05, 0.1) is 18.1 Å². The zero-order valence-corrected chi connectivity index (χ0v) is 15.5. The average Bonchev–Trinajstić information content (AvgIpc) is 2.58. The summed E-state index contributed by atoms with van der Waals surface area (Å²) < 4.78 is 5.33. The van der Waals surface area contributed by atoms with Crippen LogP contribution in [0.5, 0.6) is 5.75 Å². The summed E-state index contributed by atoms with van der Waals surface area (Å²) in [6, 6.07) is 11.4. The molecule has 0 aliphatic rings. The fourth-order valence-electron chi connectivity index (χ4n) is 2.13. The van der Waals surface area contributed by atoms with Gasteiger partial charge in [0.25, 0.3) is 5.91 Å². The SMILES string of the molecule is CCOc1ccc(C(=O)NC(=S)Nc2ccc(CC(=O)O)cc2)cc1Cl. The number of nitrogens with one attached hydrogen (secondary N) is 2. The van der Waals surface area contributed by atoms with Crippen LogP contribution in [0.4, 0.5) is 5.69 Å². The number of amides is 1. The molecule has 0 aromatic heterocycles. The van der Waals surface area contributed by atoms with Gasteiger partial charge in [-0.2, -0.15) is 0 Å². The smallest absolute Gasteiger partial charge is 0.307 e. The van der Waals surface area contributed by atoms with Gasteiger partial charge in [0, 0.05) is 11.3 Å². The molecule has 0 spiro atoms. The van der Waals surface area contributed by atoms with Crippen LogP contribution in [0, 0.1) is 0 Å². The van der Waals surface area contributed by atoms with E-state index in [4.69, 9.17) is 33.7 Å². The number of carboxylic acid groups (broad SMARTS) is 1. The van der Waals surface area contributed by atoms with Crippen molar-refractivity contribution in [3.8, 4) is 5.75 Å². The maximum atomic E-state index is 12.2. The van der Waals surface area contributed by atoms with E-state index in [1.807, 2.05) is 6.92 Å². The molecule has 0 radical (unpaired) electrons. The second-order valence-corrected chi connectivity index (χ2v) is 6.07. The number of carboxylic acids is 1. The minimum absolute atomic E-state index is 0.0556. The Labute approximate surface area is 161 Å². The number of aliphatic carboxylic acids is 1. The first kappa shape index (κ1) is 19.7. The van der Waals surface area contributed by atoms with Crippen molar-refractivity contribution in [3.05, 3.63) is 58.6 Å². The number of thiocarbonyl (C=S) groups is 1. The molecule has 1 amide bonds. The molecule has 0 saturated carbocycles. The Bertz CT molecular complexity index is 824. The average molecular weight is 393 g/mol. The van der Waals surface area contributed by atoms with Crippen molar-refractivity contribution in [2.24, 2.45) is 0 Å². The first-order chi connectivity index (χ1) is 12.4. The molecule has 8 heteroatoms. The van der Waals surface area contributed by atoms with E-state index in [1.165, 1.54) is 6.07 Å². The lowest BCUT2D eigenvalue weighted by Gasteiger charge is -2.11. The van der Waals surface area contributed by atoms with Gasteiger partial charge >= 0.3 is 5.97 Å². The van der Waals surface area contributed by atoms with Gasteiger partial charge in [0.2, 0.25) is 0 Å². The highest BCUT2D eigenvalue weighted by Gasteiger charge is 2.11. The zero-order valence-electron chi connectivity index (χ0n) is 13.9. The molecule has 0 fully saturated rings. The van der Waals surface area contributed by atoms with Gasteiger partial charge in [0.15, 0.2) is 5.11 Å². The zero-order chi connectivity index (χ0) is 19.1.